The van der Waals surface area contributed by atoms with Crippen molar-refractivity contribution >= 4 is 51.1 Å². The highest BCUT2D eigenvalue weighted by Crippen LogP contribution is 2.19. The standard InChI is InChI=1S/C21H17BrClNO2S/c22-17-7-13-20(14-8-17)27-16-6-4-2-1-3-5-15-26-21(25)24-19-11-9-18(23)10-12-19/h7-14H,1,3,5,15H2,(H,24,25). The fourth-order valence-electron chi connectivity index (χ4n) is 1.89. The number of ether oxygens (including phenoxy) is 1. The van der Waals surface area contributed by atoms with Gasteiger partial charge in [0.2, 0.25) is 0 Å². The summed E-state index contributed by atoms with van der Waals surface area (Å²) in [4.78, 5) is 12.7. The van der Waals surface area contributed by atoms with Crippen LogP contribution in [-0.4, -0.2) is 12.7 Å². The molecular formula is C21H17BrClNO2S. The first kappa shape index (κ1) is 21.3. The van der Waals surface area contributed by atoms with Crippen molar-refractivity contribution in [1.29, 1.82) is 0 Å². The van der Waals surface area contributed by atoms with Crippen molar-refractivity contribution in [2.45, 2.75) is 24.2 Å². The highest BCUT2D eigenvalue weighted by Gasteiger charge is 2.02. The van der Waals surface area contributed by atoms with Gasteiger partial charge in [0, 0.05) is 26.5 Å². The average Bonchev–Trinajstić information content (AvgIpc) is 2.66. The number of anilines is 1. The molecule has 1 amide bonds. The second-order valence-corrected chi connectivity index (χ2v) is 7.54. The molecule has 0 aromatic heterocycles. The Morgan fingerprint density at radius 1 is 1.07 bits per heavy atom. The van der Waals surface area contributed by atoms with E-state index in [9.17, 15) is 4.79 Å². The third-order valence-corrected chi connectivity index (χ3v) is 4.70. The lowest BCUT2D eigenvalue weighted by molar-refractivity contribution is 0.159. The molecule has 0 heterocycles. The molecule has 0 saturated carbocycles. The van der Waals surface area contributed by atoms with Crippen molar-refractivity contribution in [1.82, 2.24) is 0 Å². The second kappa shape index (κ2) is 12.4. The molecule has 0 spiro atoms. The Labute approximate surface area is 177 Å². The molecule has 0 aliphatic carbocycles. The SMILES string of the molecule is O=C(Nc1ccc(Cl)cc1)OCCCCC#CC#CSc1ccc(Br)cc1. The van der Waals surface area contributed by atoms with E-state index in [4.69, 9.17) is 16.3 Å². The van der Waals surface area contributed by atoms with Crippen molar-refractivity contribution in [2.75, 3.05) is 11.9 Å². The number of amides is 1. The largest absolute Gasteiger partial charge is 0.449 e. The molecule has 27 heavy (non-hydrogen) atoms. The number of rotatable bonds is 6. The number of hydrogen-bond donors (Lipinski definition) is 1. The van der Waals surface area contributed by atoms with Crippen LogP contribution < -0.4 is 5.32 Å². The van der Waals surface area contributed by atoms with E-state index in [1.165, 1.54) is 11.8 Å². The number of hydrogen-bond acceptors (Lipinski definition) is 3. The summed E-state index contributed by atoms with van der Waals surface area (Å²) in [5.74, 6) is 8.66. The zero-order valence-electron chi connectivity index (χ0n) is 14.4. The van der Waals surface area contributed by atoms with Gasteiger partial charge in [-0.1, -0.05) is 33.5 Å². The first-order chi connectivity index (χ1) is 13.1. The quantitative estimate of drug-likeness (QED) is 0.299. The maximum Gasteiger partial charge on any atom is 0.411 e. The lowest BCUT2D eigenvalue weighted by atomic mass is 10.2. The van der Waals surface area contributed by atoms with Gasteiger partial charge in [0.1, 0.15) is 0 Å². The molecule has 0 unspecified atom stereocenters. The number of unbranched alkanes of at least 4 members (excludes halogenated alkanes) is 2. The smallest absolute Gasteiger partial charge is 0.411 e. The van der Waals surface area contributed by atoms with Gasteiger partial charge in [0.25, 0.3) is 0 Å². The van der Waals surface area contributed by atoms with E-state index in [0.29, 0.717) is 17.3 Å². The van der Waals surface area contributed by atoms with Gasteiger partial charge in [-0.15, -0.1) is 0 Å². The van der Waals surface area contributed by atoms with Crippen LogP contribution in [0, 0.1) is 23.0 Å². The van der Waals surface area contributed by atoms with Crippen LogP contribution in [-0.2, 0) is 4.74 Å². The molecule has 2 rings (SSSR count). The Morgan fingerprint density at radius 3 is 2.56 bits per heavy atom. The van der Waals surface area contributed by atoms with Gasteiger partial charge >= 0.3 is 6.09 Å². The van der Waals surface area contributed by atoms with E-state index in [1.807, 2.05) is 24.3 Å². The van der Waals surface area contributed by atoms with Crippen molar-refractivity contribution < 1.29 is 9.53 Å². The molecule has 2 aromatic carbocycles. The molecular weight excluding hydrogens is 446 g/mol. The summed E-state index contributed by atoms with van der Waals surface area (Å²) < 4.78 is 6.16. The minimum absolute atomic E-state index is 0.353. The summed E-state index contributed by atoms with van der Waals surface area (Å²) >= 11 is 10.6. The fraction of sp³-hybridized carbons (Fsp3) is 0.190. The number of benzene rings is 2. The predicted molar refractivity (Wildman–Crippen MR) is 116 cm³/mol. The summed E-state index contributed by atoms with van der Waals surface area (Å²) in [5.41, 5.74) is 0.648. The van der Waals surface area contributed by atoms with E-state index in [-0.39, 0.29) is 0 Å². The summed E-state index contributed by atoms with van der Waals surface area (Å²) in [6.45, 7) is 0.353. The maximum absolute atomic E-state index is 11.6. The Balaban J connectivity index is 1.54. The highest BCUT2D eigenvalue weighted by atomic mass is 79.9. The van der Waals surface area contributed by atoms with Crippen LogP contribution in [0.5, 0.6) is 0 Å². The van der Waals surface area contributed by atoms with Crippen LogP contribution >= 0.6 is 39.3 Å². The van der Waals surface area contributed by atoms with Crippen LogP contribution in [0.2, 0.25) is 5.02 Å². The number of carbonyl (C=O) groups is 1. The number of nitrogens with one attached hydrogen (secondary N) is 1. The van der Waals surface area contributed by atoms with Crippen molar-refractivity contribution in [3.8, 4) is 23.0 Å². The van der Waals surface area contributed by atoms with Crippen molar-refractivity contribution in [2.24, 2.45) is 0 Å². The molecule has 3 nitrogen and oxygen atoms in total. The van der Waals surface area contributed by atoms with Gasteiger partial charge < -0.3 is 4.74 Å². The second-order valence-electron chi connectivity index (χ2n) is 5.31. The molecule has 0 bridgehead atoms. The molecule has 0 saturated heterocycles. The molecule has 138 valence electrons. The summed E-state index contributed by atoms with van der Waals surface area (Å²) in [7, 11) is 0. The molecule has 0 atom stereocenters. The first-order valence-corrected chi connectivity index (χ1v) is 10.2. The van der Waals surface area contributed by atoms with Crippen molar-refractivity contribution in [3.05, 3.63) is 58.0 Å². The molecule has 0 fully saturated rings. The van der Waals surface area contributed by atoms with Crippen LogP contribution in [0.15, 0.2) is 57.9 Å². The van der Waals surface area contributed by atoms with E-state index in [0.717, 1.165) is 28.6 Å². The van der Waals surface area contributed by atoms with Crippen LogP contribution in [0.25, 0.3) is 0 Å². The third kappa shape index (κ3) is 9.45. The maximum atomic E-state index is 11.6. The van der Waals surface area contributed by atoms with E-state index < -0.39 is 6.09 Å². The minimum Gasteiger partial charge on any atom is -0.449 e. The van der Waals surface area contributed by atoms with Gasteiger partial charge in [-0.25, -0.2) is 4.79 Å². The van der Waals surface area contributed by atoms with Crippen LogP contribution in [0.1, 0.15) is 19.3 Å². The molecule has 1 N–H and O–H groups in total. The number of carbonyl (C=O) groups excluding carboxylic acids is 1. The Hall–Kier alpha value is -2.05. The molecule has 0 radical (unpaired) electrons. The van der Waals surface area contributed by atoms with Crippen molar-refractivity contribution in [3.63, 3.8) is 0 Å². The normalized spacial score (nSPS) is 9.41. The Kier molecular flexibility index (Phi) is 9.73. The predicted octanol–water partition coefficient (Wildman–Crippen LogP) is 6.58. The monoisotopic (exact) mass is 461 g/mol. The van der Waals surface area contributed by atoms with Crippen LogP contribution in [0.3, 0.4) is 0 Å². The summed E-state index contributed by atoms with van der Waals surface area (Å²) in [6.07, 6.45) is 1.85. The number of halogens is 2. The number of thioether (sulfide) groups is 1. The molecule has 0 aliphatic heterocycles. The summed E-state index contributed by atoms with van der Waals surface area (Å²) in [5, 5.41) is 6.21. The van der Waals surface area contributed by atoms with Gasteiger partial charge in [-0.2, -0.15) is 0 Å². The van der Waals surface area contributed by atoms with Crippen LogP contribution in [0.4, 0.5) is 10.5 Å². The van der Waals surface area contributed by atoms with Gasteiger partial charge in [-0.05, 0) is 90.2 Å². The summed E-state index contributed by atoms with van der Waals surface area (Å²) in [6, 6.07) is 14.8. The van der Waals surface area contributed by atoms with E-state index in [1.54, 1.807) is 24.3 Å². The van der Waals surface area contributed by atoms with Gasteiger partial charge in [0.05, 0.1) is 6.61 Å². The van der Waals surface area contributed by atoms with Gasteiger partial charge in [-0.3, -0.25) is 5.32 Å². The van der Waals surface area contributed by atoms with E-state index >= 15 is 0 Å². The lowest BCUT2D eigenvalue weighted by Crippen LogP contribution is -2.14. The minimum atomic E-state index is -0.473. The molecule has 6 heteroatoms. The van der Waals surface area contributed by atoms with E-state index in [2.05, 4.69) is 44.3 Å². The fourth-order valence-corrected chi connectivity index (χ4v) is 2.77. The molecule has 0 aliphatic rings. The topological polar surface area (TPSA) is 38.3 Å². The lowest BCUT2D eigenvalue weighted by Gasteiger charge is -2.06. The zero-order chi connectivity index (χ0) is 19.3. The average molecular weight is 463 g/mol. The zero-order valence-corrected chi connectivity index (χ0v) is 17.6. The molecule has 2 aromatic rings. The third-order valence-electron chi connectivity index (χ3n) is 3.20. The van der Waals surface area contributed by atoms with Gasteiger partial charge in [0.15, 0.2) is 0 Å². The first-order valence-electron chi connectivity index (χ1n) is 8.23. The highest BCUT2D eigenvalue weighted by molar-refractivity contribution is 9.10. The Bertz CT molecular complexity index is 862. The Morgan fingerprint density at radius 2 is 1.81 bits per heavy atom.